The molecule has 0 aliphatic heterocycles. The quantitative estimate of drug-likeness (QED) is 0.763. The third-order valence-corrected chi connectivity index (χ3v) is 2.19. The second-order valence-electron chi connectivity index (χ2n) is 4.02. The van der Waals surface area contributed by atoms with Crippen LogP contribution in [0.3, 0.4) is 0 Å². The van der Waals surface area contributed by atoms with E-state index in [1.807, 2.05) is 12.1 Å². The van der Waals surface area contributed by atoms with Crippen molar-refractivity contribution in [3.63, 3.8) is 0 Å². The van der Waals surface area contributed by atoms with Gasteiger partial charge in [-0.05, 0) is 40.5 Å². The highest BCUT2D eigenvalue weighted by molar-refractivity contribution is 5.33. The summed E-state index contributed by atoms with van der Waals surface area (Å²) in [4.78, 5) is 0. The Hall–Kier alpha value is -1.71. The van der Waals surface area contributed by atoms with E-state index in [1.54, 1.807) is 11.0 Å². The van der Waals surface area contributed by atoms with Crippen LogP contribution in [0.4, 0.5) is 0 Å². The van der Waals surface area contributed by atoms with Crippen LogP contribution in [0.1, 0.15) is 19.4 Å². The molecular formula is C11H14N4. The van der Waals surface area contributed by atoms with Crippen LogP contribution in [0.25, 0.3) is 5.69 Å². The first kappa shape index (κ1) is 9.83. The van der Waals surface area contributed by atoms with Crippen LogP contribution in [0.2, 0.25) is 0 Å². The van der Waals surface area contributed by atoms with Crippen molar-refractivity contribution < 1.29 is 0 Å². The zero-order chi connectivity index (χ0) is 10.7. The lowest BCUT2D eigenvalue weighted by molar-refractivity contribution is 0.647. The highest BCUT2D eigenvalue weighted by Gasteiger charge is 2.00. The summed E-state index contributed by atoms with van der Waals surface area (Å²) in [5.74, 6) is 0.684. The van der Waals surface area contributed by atoms with Gasteiger partial charge in [0.05, 0.1) is 5.69 Å². The molecule has 0 atom stereocenters. The van der Waals surface area contributed by atoms with Crippen LogP contribution < -0.4 is 0 Å². The van der Waals surface area contributed by atoms with Crippen LogP contribution in [-0.2, 0) is 6.42 Å². The SMILES string of the molecule is CC(C)Cc1ccc(-n2cnnn2)cc1. The monoisotopic (exact) mass is 202 g/mol. The summed E-state index contributed by atoms with van der Waals surface area (Å²) in [6.07, 6.45) is 2.70. The molecule has 4 nitrogen and oxygen atoms in total. The molecule has 0 spiro atoms. The standard InChI is InChI=1S/C11H14N4/c1-9(2)7-10-3-5-11(6-4-10)15-8-12-13-14-15/h3-6,8-9H,7H2,1-2H3. The molecule has 1 aromatic carbocycles. The van der Waals surface area contributed by atoms with Gasteiger partial charge in [-0.25, -0.2) is 4.68 Å². The Morgan fingerprint density at radius 3 is 2.47 bits per heavy atom. The molecule has 0 aliphatic carbocycles. The molecule has 2 aromatic rings. The van der Waals surface area contributed by atoms with E-state index in [2.05, 4.69) is 41.5 Å². The first-order valence-electron chi connectivity index (χ1n) is 5.08. The Labute approximate surface area is 88.9 Å². The molecule has 0 radical (unpaired) electrons. The highest BCUT2D eigenvalue weighted by atomic mass is 15.5. The van der Waals surface area contributed by atoms with Crippen molar-refractivity contribution in [1.82, 2.24) is 20.2 Å². The minimum absolute atomic E-state index is 0.684. The van der Waals surface area contributed by atoms with E-state index in [-0.39, 0.29) is 0 Å². The Morgan fingerprint density at radius 2 is 1.93 bits per heavy atom. The number of benzene rings is 1. The second kappa shape index (κ2) is 4.21. The van der Waals surface area contributed by atoms with Gasteiger partial charge in [0.15, 0.2) is 0 Å². The Kier molecular flexibility index (Phi) is 2.76. The molecule has 78 valence electrons. The van der Waals surface area contributed by atoms with Gasteiger partial charge in [0.25, 0.3) is 0 Å². The van der Waals surface area contributed by atoms with E-state index in [1.165, 1.54) is 5.56 Å². The Bertz CT molecular complexity index is 403. The largest absolute Gasteiger partial charge is 0.201 e. The number of tetrazole rings is 1. The maximum absolute atomic E-state index is 3.83. The molecule has 0 bridgehead atoms. The fraction of sp³-hybridized carbons (Fsp3) is 0.364. The van der Waals surface area contributed by atoms with E-state index < -0.39 is 0 Å². The summed E-state index contributed by atoms with van der Waals surface area (Å²) in [5.41, 5.74) is 2.34. The van der Waals surface area contributed by atoms with Crippen molar-refractivity contribution in [2.24, 2.45) is 5.92 Å². The van der Waals surface area contributed by atoms with Gasteiger partial charge in [-0.15, -0.1) is 5.10 Å². The van der Waals surface area contributed by atoms with E-state index in [0.29, 0.717) is 5.92 Å². The number of hydrogen-bond donors (Lipinski definition) is 0. The van der Waals surface area contributed by atoms with Crippen molar-refractivity contribution in [1.29, 1.82) is 0 Å². The summed E-state index contributed by atoms with van der Waals surface area (Å²) >= 11 is 0. The molecule has 0 saturated carbocycles. The minimum Gasteiger partial charge on any atom is -0.201 e. The summed E-state index contributed by atoms with van der Waals surface area (Å²) in [6.45, 7) is 4.44. The molecule has 0 amide bonds. The average molecular weight is 202 g/mol. The van der Waals surface area contributed by atoms with Gasteiger partial charge < -0.3 is 0 Å². The molecular weight excluding hydrogens is 188 g/mol. The lowest BCUT2D eigenvalue weighted by Crippen LogP contribution is -1.97. The first-order valence-corrected chi connectivity index (χ1v) is 5.08. The third-order valence-electron chi connectivity index (χ3n) is 2.19. The van der Waals surface area contributed by atoms with E-state index in [4.69, 9.17) is 0 Å². The van der Waals surface area contributed by atoms with Crippen LogP contribution >= 0.6 is 0 Å². The average Bonchev–Trinajstić information content (AvgIpc) is 2.71. The molecule has 15 heavy (non-hydrogen) atoms. The van der Waals surface area contributed by atoms with Crippen molar-refractivity contribution in [2.45, 2.75) is 20.3 Å². The van der Waals surface area contributed by atoms with E-state index in [0.717, 1.165) is 12.1 Å². The minimum atomic E-state index is 0.684. The van der Waals surface area contributed by atoms with Crippen molar-refractivity contribution in [2.75, 3.05) is 0 Å². The topological polar surface area (TPSA) is 43.6 Å². The van der Waals surface area contributed by atoms with Gasteiger partial charge in [-0.3, -0.25) is 0 Å². The fourth-order valence-corrected chi connectivity index (χ4v) is 1.54. The number of hydrogen-bond acceptors (Lipinski definition) is 3. The summed E-state index contributed by atoms with van der Waals surface area (Å²) in [6, 6.07) is 8.32. The number of rotatable bonds is 3. The summed E-state index contributed by atoms with van der Waals surface area (Å²) < 4.78 is 1.65. The molecule has 1 aromatic heterocycles. The molecule has 0 aliphatic rings. The van der Waals surface area contributed by atoms with Gasteiger partial charge in [0.2, 0.25) is 0 Å². The smallest absolute Gasteiger partial charge is 0.143 e. The predicted octanol–water partition coefficient (Wildman–Crippen LogP) is 1.86. The lowest BCUT2D eigenvalue weighted by Gasteiger charge is -2.05. The van der Waals surface area contributed by atoms with Gasteiger partial charge in [-0.2, -0.15) is 0 Å². The summed E-state index contributed by atoms with van der Waals surface area (Å²) in [7, 11) is 0. The maximum atomic E-state index is 3.83. The Morgan fingerprint density at radius 1 is 1.20 bits per heavy atom. The van der Waals surface area contributed by atoms with E-state index in [9.17, 15) is 0 Å². The zero-order valence-corrected chi connectivity index (χ0v) is 8.96. The predicted molar refractivity (Wildman–Crippen MR) is 57.7 cm³/mol. The zero-order valence-electron chi connectivity index (χ0n) is 8.96. The highest BCUT2D eigenvalue weighted by Crippen LogP contribution is 2.11. The maximum Gasteiger partial charge on any atom is 0.143 e. The molecule has 0 saturated heterocycles. The van der Waals surface area contributed by atoms with E-state index >= 15 is 0 Å². The van der Waals surface area contributed by atoms with Crippen LogP contribution in [-0.4, -0.2) is 20.2 Å². The first-order chi connectivity index (χ1) is 7.25. The summed E-state index contributed by atoms with van der Waals surface area (Å²) in [5, 5.41) is 11.0. The molecule has 1 heterocycles. The van der Waals surface area contributed by atoms with Crippen LogP contribution in [0.5, 0.6) is 0 Å². The van der Waals surface area contributed by atoms with Gasteiger partial charge in [0, 0.05) is 0 Å². The molecule has 0 fully saturated rings. The van der Waals surface area contributed by atoms with Crippen LogP contribution in [0.15, 0.2) is 30.6 Å². The second-order valence-corrected chi connectivity index (χ2v) is 4.02. The third kappa shape index (κ3) is 2.40. The van der Waals surface area contributed by atoms with Crippen LogP contribution in [0, 0.1) is 5.92 Å². The fourth-order valence-electron chi connectivity index (χ4n) is 1.54. The number of aromatic nitrogens is 4. The van der Waals surface area contributed by atoms with Gasteiger partial charge in [0.1, 0.15) is 6.33 Å². The molecule has 4 heteroatoms. The van der Waals surface area contributed by atoms with Gasteiger partial charge in [-0.1, -0.05) is 26.0 Å². The molecule has 2 rings (SSSR count). The lowest BCUT2D eigenvalue weighted by atomic mass is 10.0. The van der Waals surface area contributed by atoms with Crippen molar-refractivity contribution in [3.8, 4) is 5.69 Å². The molecule has 0 N–H and O–H groups in total. The normalized spacial score (nSPS) is 10.9. The van der Waals surface area contributed by atoms with Gasteiger partial charge >= 0.3 is 0 Å². The van der Waals surface area contributed by atoms with Crippen molar-refractivity contribution in [3.05, 3.63) is 36.2 Å². The Balaban J connectivity index is 2.17. The van der Waals surface area contributed by atoms with Crippen molar-refractivity contribution >= 4 is 0 Å². The molecule has 0 unspecified atom stereocenters. The number of nitrogens with zero attached hydrogens (tertiary/aromatic N) is 4.